The van der Waals surface area contributed by atoms with E-state index < -0.39 is 35.3 Å². The van der Waals surface area contributed by atoms with Gasteiger partial charge < -0.3 is 19.7 Å². The van der Waals surface area contributed by atoms with E-state index in [-0.39, 0.29) is 29.4 Å². The SMILES string of the molecule is C/C=C(/C)C(=O)O[C@H]1CC[C@H](C)[C@@]2(C)[C@H](O)C3=C(C)C(=O)O[C@@]3(O)C[C@@H]12. The average Bonchev–Trinajstić information content (AvgIpc) is 2.81. The van der Waals surface area contributed by atoms with Crippen molar-refractivity contribution in [1.82, 2.24) is 0 Å². The summed E-state index contributed by atoms with van der Waals surface area (Å²) in [7, 11) is 0. The predicted molar refractivity (Wildman–Crippen MR) is 93.7 cm³/mol. The van der Waals surface area contributed by atoms with Crippen molar-refractivity contribution < 1.29 is 29.3 Å². The Morgan fingerprint density at radius 2 is 2.04 bits per heavy atom. The lowest BCUT2D eigenvalue weighted by Crippen LogP contribution is -2.62. The van der Waals surface area contributed by atoms with E-state index in [2.05, 4.69) is 6.92 Å². The molecule has 0 aromatic heterocycles. The zero-order valence-electron chi connectivity index (χ0n) is 16.0. The second-order valence-corrected chi connectivity index (χ2v) is 8.19. The highest BCUT2D eigenvalue weighted by Crippen LogP contribution is 2.59. The third-order valence-electron chi connectivity index (χ3n) is 6.96. The van der Waals surface area contributed by atoms with Gasteiger partial charge in [-0.1, -0.05) is 19.9 Å². The molecule has 1 heterocycles. The van der Waals surface area contributed by atoms with Crippen molar-refractivity contribution in [3.05, 3.63) is 22.8 Å². The second kappa shape index (κ2) is 6.20. The van der Waals surface area contributed by atoms with Crippen molar-refractivity contribution in [2.75, 3.05) is 0 Å². The van der Waals surface area contributed by atoms with E-state index in [1.54, 1.807) is 26.8 Å². The van der Waals surface area contributed by atoms with Crippen LogP contribution in [0.1, 0.15) is 53.9 Å². The molecule has 0 unspecified atom stereocenters. The van der Waals surface area contributed by atoms with Crippen molar-refractivity contribution >= 4 is 11.9 Å². The summed E-state index contributed by atoms with van der Waals surface area (Å²) < 4.78 is 11.0. The van der Waals surface area contributed by atoms with Gasteiger partial charge in [-0.15, -0.1) is 0 Å². The summed E-state index contributed by atoms with van der Waals surface area (Å²) in [6, 6.07) is 0. The number of carbonyl (C=O) groups is 2. The van der Waals surface area contributed by atoms with Crippen LogP contribution in [0.4, 0.5) is 0 Å². The van der Waals surface area contributed by atoms with Crippen molar-refractivity contribution in [2.45, 2.75) is 71.9 Å². The zero-order valence-corrected chi connectivity index (χ0v) is 16.0. The van der Waals surface area contributed by atoms with Gasteiger partial charge >= 0.3 is 11.9 Å². The van der Waals surface area contributed by atoms with E-state index >= 15 is 0 Å². The van der Waals surface area contributed by atoms with E-state index in [1.165, 1.54) is 0 Å². The molecule has 1 aliphatic heterocycles. The molecule has 3 aliphatic rings. The molecular weight excluding hydrogens is 336 g/mol. The van der Waals surface area contributed by atoms with Gasteiger partial charge in [0.1, 0.15) is 6.10 Å². The fourth-order valence-corrected chi connectivity index (χ4v) is 4.87. The standard InChI is InChI=1S/C20H28O6/c1-6-10(2)17(22)25-14-8-7-11(3)19(5)13(14)9-20(24)15(16(19)21)12(4)18(23)26-20/h6,11,13-14,16,21,24H,7-9H2,1-5H3/b10-6-/t11-,13-,14-,16+,19+,20-/m0/s1. The Morgan fingerprint density at radius 3 is 2.65 bits per heavy atom. The molecular formula is C20H28O6. The van der Waals surface area contributed by atoms with E-state index in [0.717, 1.165) is 6.42 Å². The molecule has 0 saturated heterocycles. The van der Waals surface area contributed by atoms with E-state index in [1.807, 2.05) is 6.92 Å². The molecule has 2 N–H and O–H groups in total. The summed E-state index contributed by atoms with van der Waals surface area (Å²) in [5.74, 6) is -2.99. The monoisotopic (exact) mass is 364 g/mol. The third-order valence-corrected chi connectivity index (χ3v) is 6.96. The lowest BCUT2D eigenvalue weighted by molar-refractivity contribution is -0.237. The fraction of sp³-hybridized carbons (Fsp3) is 0.700. The van der Waals surface area contributed by atoms with Gasteiger partial charge in [0.2, 0.25) is 5.79 Å². The maximum atomic E-state index is 12.3. The molecule has 6 atom stereocenters. The molecule has 0 aromatic rings. The number of aliphatic hydroxyl groups is 2. The minimum absolute atomic E-state index is 0.121. The third kappa shape index (κ3) is 2.54. The van der Waals surface area contributed by atoms with Crippen LogP contribution in [0.25, 0.3) is 0 Å². The number of aliphatic hydroxyl groups excluding tert-OH is 1. The Labute approximate surface area is 153 Å². The molecule has 6 nitrogen and oxygen atoms in total. The molecule has 0 bridgehead atoms. The van der Waals surface area contributed by atoms with Gasteiger partial charge in [-0.25, -0.2) is 9.59 Å². The topological polar surface area (TPSA) is 93.1 Å². The van der Waals surface area contributed by atoms with Crippen LogP contribution in [0.3, 0.4) is 0 Å². The first-order valence-electron chi connectivity index (χ1n) is 9.25. The molecule has 0 radical (unpaired) electrons. The van der Waals surface area contributed by atoms with Gasteiger partial charge in [0.05, 0.1) is 6.10 Å². The first-order chi connectivity index (χ1) is 12.1. The molecule has 6 heteroatoms. The molecule has 26 heavy (non-hydrogen) atoms. The predicted octanol–water partition coefficient (Wildman–Crippen LogP) is 2.24. The lowest BCUT2D eigenvalue weighted by atomic mass is 9.51. The van der Waals surface area contributed by atoms with Gasteiger partial charge in [-0.3, -0.25) is 0 Å². The van der Waals surface area contributed by atoms with Crippen molar-refractivity contribution in [3.63, 3.8) is 0 Å². The Kier molecular flexibility index (Phi) is 4.56. The Morgan fingerprint density at radius 1 is 1.38 bits per heavy atom. The van der Waals surface area contributed by atoms with Gasteiger partial charge in [0.25, 0.3) is 0 Å². The summed E-state index contributed by atoms with van der Waals surface area (Å²) in [6.45, 7) is 9.05. The van der Waals surface area contributed by atoms with Crippen molar-refractivity contribution in [1.29, 1.82) is 0 Å². The van der Waals surface area contributed by atoms with Crippen molar-refractivity contribution in [3.8, 4) is 0 Å². The average molecular weight is 364 g/mol. The molecule has 3 rings (SSSR count). The van der Waals surface area contributed by atoms with E-state index in [9.17, 15) is 19.8 Å². The maximum absolute atomic E-state index is 12.3. The Balaban J connectivity index is 2.00. The Bertz CT molecular complexity index is 707. The van der Waals surface area contributed by atoms with Gasteiger partial charge in [-0.05, 0) is 39.5 Å². The minimum atomic E-state index is -1.82. The molecule has 0 amide bonds. The highest BCUT2D eigenvalue weighted by Gasteiger charge is 2.65. The lowest BCUT2D eigenvalue weighted by Gasteiger charge is -2.57. The van der Waals surface area contributed by atoms with Crippen LogP contribution in [-0.2, 0) is 19.1 Å². The number of fused-ring (bicyclic) bond motifs is 2. The number of ether oxygens (including phenoxy) is 2. The smallest absolute Gasteiger partial charge is 0.336 e. The number of rotatable bonds is 2. The quantitative estimate of drug-likeness (QED) is 0.577. The highest BCUT2D eigenvalue weighted by molar-refractivity contribution is 5.92. The highest BCUT2D eigenvalue weighted by atomic mass is 16.7. The Hall–Kier alpha value is -1.66. The molecule has 2 saturated carbocycles. The molecule has 0 aromatic carbocycles. The number of carbonyl (C=O) groups excluding carboxylic acids is 2. The van der Waals surface area contributed by atoms with Crippen LogP contribution in [0.2, 0.25) is 0 Å². The molecule has 0 spiro atoms. The fourth-order valence-electron chi connectivity index (χ4n) is 4.87. The summed E-state index contributed by atoms with van der Waals surface area (Å²) in [5.41, 5.74) is 0.439. The van der Waals surface area contributed by atoms with Crippen LogP contribution >= 0.6 is 0 Å². The van der Waals surface area contributed by atoms with Gasteiger partial charge in [-0.2, -0.15) is 0 Å². The van der Waals surface area contributed by atoms with Crippen LogP contribution in [0.15, 0.2) is 22.8 Å². The number of esters is 2. The van der Waals surface area contributed by atoms with Crippen LogP contribution in [-0.4, -0.2) is 40.1 Å². The summed E-state index contributed by atoms with van der Waals surface area (Å²) in [4.78, 5) is 24.3. The number of allylic oxidation sites excluding steroid dienone is 1. The van der Waals surface area contributed by atoms with Crippen LogP contribution in [0, 0.1) is 17.3 Å². The van der Waals surface area contributed by atoms with Crippen LogP contribution < -0.4 is 0 Å². The van der Waals surface area contributed by atoms with Crippen molar-refractivity contribution in [2.24, 2.45) is 17.3 Å². The number of hydrogen-bond acceptors (Lipinski definition) is 6. The normalized spacial score (nSPS) is 42.9. The molecule has 2 aliphatic carbocycles. The summed E-state index contributed by atoms with van der Waals surface area (Å²) >= 11 is 0. The van der Waals surface area contributed by atoms with Gasteiger partial charge in [0.15, 0.2) is 0 Å². The second-order valence-electron chi connectivity index (χ2n) is 8.19. The first kappa shape index (κ1) is 19.1. The maximum Gasteiger partial charge on any atom is 0.336 e. The minimum Gasteiger partial charge on any atom is -0.459 e. The van der Waals surface area contributed by atoms with Crippen LogP contribution in [0.5, 0.6) is 0 Å². The molecule has 144 valence electrons. The van der Waals surface area contributed by atoms with E-state index in [4.69, 9.17) is 9.47 Å². The molecule has 2 fully saturated rings. The first-order valence-corrected chi connectivity index (χ1v) is 9.25. The van der Waals surface area contributed by atoms with E-state index in [0.29, 0.717) is 12.0 Å². The summed E-state index contributed by atoms with van der Waals surface area (Å²) in [6.07, 6.45) is 1.78. The summed E-state index contributed by atoms with van der Waals surface area (Å²) in [5, 5.41) is 22.1. The zero-order chi connectivity index (χ0) is 19.4. The number of hydrogen-bond donors (Lipinski definition) is 2. The largest absolute Gasteiger partial charge is 0.459 e. The van der Waals surface area contributed by atoms with Gasteiger partial charge in [0, 0.05) is 34.5 Å².